The summed E-state index contributed by atoms with van der Waals surface area (Å²) in [6.45, 7) is 1.58. The smallest absolute Gasteiger partial charge is 0.185 e. The fourth-order valence-electron chi connectivity index (χ4n) is 1.65. The SMILES string of the molecule is CC(=O)SCCC=Cc1c[nH]c2nccc(Cl)c12. The van der Waals surface area contributed by atoms with E-state index in [4.69, 9.17) is 11.6 Å². The number of nitrogens with one attached hydrogen (secondary N) is 1. The first-order valence-corrected chi connectivity index (χ1v) is 6.96. The Balaban J connectivity index is 2.08. The Hall–Kier alpha value is -1.26. The van der Waals surface area contributed by atoms with Gasteiger partial charge in [-0.05, 0) is 12.5 Å². The van der Waals surface area contributed by atoms with Gasteiger partial charge < -0.3 is 4.98 Å². The minimum atomic E-state index is 0.155. The highest BCUT2D eigenvalue weighted by molar-refractivity contribution is 8.13. The highest BCUT2D eigenvalue weighted by Crippen LogP contribution is 2.25. The number of hydrogen-bond acceptors (Lipinski definition) is 3. The minimum Gasteiger partial charge on any atom is -0.345 e. The number of halogens is 1. The van der Waals surface area contributed by atoms with E-state index in [1.54, 1.807) is 19.2 Å². The van der Waals surface area contributed by atoms with Crippen LogP contribution in [0.1, 0.15) is 18.9 Å². The Labute approximate surface area is 115 Å². The Morgan fingerprint density at radius 2 is 2.44 bits per heavy atom. The molecule has 0 unspecified atom stereocenters. The molecular formula is C13H13ClN2OS. The standard InChI is InChI=1S/C13H13ClN2OS/c1-9(17)18-7-3-2-4-10-8-16-13-12(10)11(14)5-6-15-13/h2,4-6,8H,3,7H2,1H3,(H,15,16). The van der Waals surface area contributed by atoms with Crippen molar-refractivity contribution in [3.8, 4) is 0 Å². The summed E-state index contributed by atoms with van der Waals surface area (Å²) in [6, 6.07) is 1.78. The summed E-state index contributed by atoms with van der Waals surface area (Å²) in [5.74, 6) is 0.806. The van der Waals surface area contributed by atoms with Crippen LogP contribution in [0.25, 0.3) is 17.1 Å². The Morgan fingerprint density at radius 1 is 1.61 bits per heavy atom. The molecule has 0 atom stereocenters. The number of pyridine rings is 1. The van der Waals surface area contributed by atoms with Crippen LogP contribution in [0.15, 0.2) is 24.5 Å². The van der Waals surface area contributed by atoms with Gasteiger partial charge in [0.25, 0.3) is 0 Å². The lowest BCUT2D eigenvalue weighted by molar-refractivity contribution is -0.109. The summed E-state index contributed by atoms with van der Waals surface area (Å²) in [5, 5.41) is 1.79. The predicted molar refractivity (Wildman–Crippen MR) is 77.9 cm³/mol. The maximum absolute atomic E-state index is 10.8. The number of nitrogens with zero attached hydrogens (tertiary/aromatic N) is 1. The molecule has 2 rings (SSSR count). The molecule has 18 heavy (non-hydrogen) atoms. The predicted octanol–water partition coefficient (Wildman–Crippen LogP) is 3.90. The summed E-state index contributed by atoms with van der Waals surface area (Å²) in [4.78, 5) is 18.1. The van der Waals surface area contributed by atoms with E-state index >= 15 is 0 Å². The quantitative estimate of drug-likeness (QED) is 0.864. The second kappa shape index (κ2) is 6.07. The zero-order valence-corrected chi connectivity index (χ0v) is 11.5. The van der Waals surface area contributed by atoms with Crippen LogP contribution in [0.3, 0.4) is 0 Å². The van der Waals surface area contributed by atoms with Gasteiger partial charge in [-0.25, -0.2) is 4.98 Å². The van der Waals surface area contributed by atoms with Gasteiger partial charge in [-0.2, -0.15) is 0 Å². The third-order valence-corrected chi connectivity index (χ3v) is 3.60. The minimum absolute atomic E-state index is 0.155. The number of allylic oxidation sites excluding steroid dienone is 1. The van der Waals surface area contributed by atoms with Crippen LogP contribution in [0.4, 0.5) is 0 Å². The van der Waals surface area contributed by atoms with Crippen molar-refractivity contribution >= 4 is 45.6 Å². The number of aromatic nitrogens is 2. The van der Waals surface area contributed by atoms with Gasteiger partial charge in [0, 0.05) is 36.0 Å². The fourth-order valence-corrected chi connectivity index (χ4v) is 2.45. The molecule has 0 bridgehead atoms. The molecular weight excluding hydrogens is 268 g/mol. The molecule has 0 aliphatic rings. The summed E-state index contributed by atoms with van der Waals surface area (Å²) < 4.78 is 0. The van der Waals surface area contributed by atoms with Crippen LogP contribution in [-0.2, 0) is 4.79 Å². The number of aromatic amines is 1. The van der Waals surface area contributed by atoms with Crippen molar-refractivity contribution in [3.63, 3.8) is 0 Å². The first-order valence-electron chi connectivity index (χ1n) is 5.60. The molecule has 0 amide bonds. The highest BCUT2D eigenvalue weighted by atomic mass is 35.5. The molecule has 0 fully saturated rings. The Bertz CT molecular complexity index is 592. The van der Waals surface area contributed by atoms with Crippen LogP contribution in [0.2, 0.25) is 5.02 Å². The topological polar surface area (TPSA) is 45.8 Å². The second-order valence-electron chi connectivity index (χ2n) is 3.79. The zero-order chi connectivity index (χ0) is 13.0. The number of hydrogen-bond donors (Lipinski definition) is 1. The van der Waals surface area contributed by atoms with Gasteiger partial charge in [0.1, 0.15) is 5.65 Å². The highest BCUT2D eigenvalue weighted by Gasteiger charge is 2.05. The molecule has 0 saturated heterocycles. The number of carbonyl (C=O) groups is 1. The number of H-pyrrole nitrogens is 1. The van der Waals surface area contributed by atoms with E-state index in [1.165, 1.54) is 11.8 Å². The van der Waals surface area contributed by atoms with E-state index in [0.29, 0.717) is 5.02 Å². The monoisotopic (exact) mass is 280 g/mol. The number of carbonyl (C=O) groups excluding carboxylic acids is 1. The second-order valence-corrected chi connectivity index (χ2v) is 5.47. The molecule has 0 spiro atoms. The van der Waals surface area contributed by atoms with Crippen molar-refractivity contribution in [2.24, 2.45) is 0 Å². The van der Waals surface area contributed by atoms with Gasteiger partial charge in [-0.1, -0.05) is 35.5 Å². The molecule has 2 aromatic heterocycles. The maximum atomic E-state index is 10.8. The van der Waals surface area contributed by atoms with E-state index in [9.17, 15) is 4.79 Å². The fraction of sp³-hybridized carbons (Fsp3) is 0.231. The molecule has 2 aromatic rings. The molecule has 3 nitrogen and oxygen atoms in total. The van der Waals surface area contributed by atoms with E-state index < -0.39 is 0 Å². The molecule has 94 valence electrons. The lowest BCUT2D eigenvalue weighted by Gasteiger charge is -1.95. The van der Waals surface area contributed by atoms with Crippen LogP contribution < -0.4 is 0 Å². The molecule has 0 aliphatic carbocycles. The Kier molecular flexibility index (Phi) is 4.44. The third kappa shape index (κ3) is 3.15. The average molecular weight is 281 g/mol. The molecule has 1 N–H and O–H groups in total. The molecule has 0 aromatic carbocycles. The Morgan fingerprint density at radius 3 is 3.22 bits per heavy atom. The first kappa shape index (κ1) is 13.2. The molecule has 5 heteroatoms. The lowest BCUT2D eigenvalue weighted by Crippen LogP contribution is -1.83. The van der Waals surface area contributed by atoms with Crippen molar-refractivity contribution < 1.29 is 4.79 Å². The van der Waals surface area contributed by atoms with Gasteiger partial charge in [0.05, 0.1) is 5.02 Å². The van der Waals surface area contributed by atoms with Gasteiger partial charge >= 0.3 is 0 Å². The molecule has 2 heterocycles. The van der Waals surface area contributed by atoms with E-state index in [-0.39, 0.29) is 5.12 Å². The number of fused-ring (bicyclic) bond motifs is 1. The third-order valence-electron chi connectivity index (χ3n) is 2.44. The molecule has 0 aliphatic heterocycles. The van der Waals surface area contributed by atoms with Crippen LogP contribution in [-0.4, -0.2) is 20.8 Å². The van der Waals surface area contributed by atoms with Gasteiger partial charge in [-0.15, -0.1) is 0 Å². The van der Waals surface area contributed by atoms with Crippen molar-refractivity contribution in [2.45, 2.75) is 13.3 Å². The summed E-state index contributed by atoms with van der Waals surface area (Å²) in [7, 11) is 0. The maximum Gasteiger partial charge on any atom is 0.185 e. The van der Waals surface area contributed by atoms with Gasteiger partial charge in [0.15, 0.2) is 5.12 Å². The zero-order valence-electron chi connectivity index (χ0n) is 9.94. The van der Waals surface area contributed by atoms with Gasteiger partial charge in [0.2, 0.25) is 0 Å². The number of rotatable bonds is 4. The van der Waals surface area contributed by atoms with E-state index in [1.807, 2.05) is 18.3 Å². The molecule has 0 radical (unpaired) electrons. The first-order chi connectivity index (χ1) is 8.68. The normalized spacial score (nSPS) is 11.4. The van der Waals surface area contributed by atoms with Crippen molar-refractivity contribution in [3.05, 3.63) is 35.1 Å². The summed E-state index contributed by atoms with van der Waals surface area (Å²) >= 11 is 7.48. The van der Waals surface area contributed by atoms with Crippen molar-refractivity contribution in [2.75, 3.05) is 5.75 Å². The van der Waals surface area contributed by atoms with Crippen LogP contribution in [0.5, 0.6) is 0 Å². The largest absolute Gasteiger partial charge is 0.345 e. The van der Waals surface area contributed by atoms with Crippen LogP contribution in [0, 0.1) is 0 Å². The molecule has 0 saturated carbocycles. The lowest BCUT2D eigenvalue weighted by atomic mass is 10.2. The van der Waals surface area contributed by atoms with Crippen molar-refractivity contribution in [1.82, 2.24) is 9.97 Å². The van der Waals surface area contributed by atoms with Crippen LogP contribution >= 0.6 is 23.4 Å². The summed E-state index contributed by atoms with van der Waals surface area (Å²) in [6.07, 6.45) is 8.47. The van der Waals surface area contributed by atoms with E-state index in [0.717, 1.165) is 28.8 Å². The average Bonchev–Trinajstić information content (AvgIpc) is 2.73. The van der Waals surface area contributed by atoms with E-state index in [2.05, 4.69) is 9.97 Å². The summed E-state index contributed by atoms with van der Waals surface area (Å²) in [5.41, 5.74) is 1.82. The van der Waals surface area contributed by atoms with Gasteiger partial charge in [-0.3, -0.25) is 4.79 Å². The van der Waals surface area contributed by atoms with Crippen molar-refractivity contribution in [1.29, 1.82) is 0 Å². The number of thioether (sulfide) groups is 1.